The molecule has 1 heterocycles. The predicted octanol–water partition coefficient (Wildman–Crippen LogP) is 3.40. The zero-order chi connectivity index (χ0) is 14.7. The van der Waals surface area contributed by atoms with Gasteiger partial charge in [-0.25, -0.2) is 9.78 Å². The third kappa shape index (κ3) is 3.54. The van der Waals surface area contributed by atoms with Crippen LogP contribution in [0.2, 0.25) is 0 Å². The van der Waals surface area contributed by atoms with Crippen LogP contribution < -0.4 is 5.32 Å². The Morgan fingerprint density at radius 1 is 1.25 bits per heavy atom. The Bertz CT molecular complexity index is 691. The summed E-state index contributed by atoms with van der Waals surface area (Å²) in [6, 6.07) is 9.76. The van der Waals surface area contributed by atoms with Crippen LogP contribution in [-0.2, 0) is 0 Å². The van der Waals surface area contributed by atoms with Gasteiger partial charge in [-0.2, -0.15) is 0 Å². The molecule has 0 atom stereocenters. The minimum absolute atomic E-state index is 0.119. The summed E-state index contributed by atoms with van der Waals surface area (Å²) in [5, 5.41) is 11.4. The van der Waals surface area contributed by atoms with Crippen LogP contribution in [0.1, 0.15) is 20.8 Å². The van der Waals surface area contributed by atoms with Gasteiger partial charge in [-0.15, -0.1) is 0 Å². The Morgan fingerprint density at radius 3 is 2.70 bits per heavy atom. The molecule has 2 N–H and O–H groups in total. The van der Waals surface area contributed by atoms with Crippen molar-refractivity contribution in [2.45, 2.75) is 0 Å². The van der Waals surface area contributed by atoms with Crippen molar-refractivity contribution in [3.8, 4) is 0 Å². The van der Waals surface area contributed by atoms with E-state index >= 15 is 0 Å². The van der Waals surface area contributed by atoms with Gasteiger partial charge in [-0.3, -0.25) is 4.79 Å². The number of nitrogens with zero attached hydrogens (tertiary/aromatic N) is 1. The number of carboxylic acids is 1. The van der Waals surface area contributed by atoms with Gasteiger partial charge in [0.2, 0.25) is 0 Å². The lowest BCUT2D eigenvalue weighted by Gasteiger charge is -2.07. The number of hydrogen-bond acceptors (Lipinski definition) is 3. The number of amides is 1. The minimum atomic E-state index is -1.14. The fourth-order valence-electron chi connectivity index (χ4n) is 1.48. The minimum Gasteiger partial charge on any atom is -0.477 e. The lowest BCUT2D eigenvalue weighted by molar-refractivity contribution is 0.0690. The summed E-state index contributed by atoms with van der Waals surface area (Å²) in [5.74, 6) is -1.28. The zero-order valence-electron chi connectivity index (χ0n) is 9.93. The number of nitrogens with one attached hydrogen (secondary N) is 1. The van der Waals surface area contributed by atoms with Crippen LogP contribution in [0.15, 0.2) is 40.9 Å². The summed E-state index contributed by atoms with van der Waals surface area (Å²) in [5.41, 5.74) is 0.370. The third-order valence-corrected chi connectivity index (χ3v) is 3.82. The summed E-state index contributed by atoms with van der Waals surface area (Å²) in [6.45, 7) is 0. The van der Waals surface area contributed by atoms with Crippen LogP contribution in [0.3, 0.4) is 0 Å². The highest BCUT2D eigenvalue weighted by Crippen LogP contribution is 2.19. The number of pyridine rings is 1. The standard InChI is InChI=1S/C13H8BrIN2O3/c14-7-4-5-9(15)8(6-7)12(18)17-11-3-1-2-10(16-11)13(19)20/h1-6H,(H,19,20)(H,16,17,18). The number of aromatic nitrogens is 1. The van der Waals surface area contributed by atoms with Crippen LogP contribution in [0, 0.1) is 3.57 Å². The molecule has 0 saturated heterocycles. The maximum absolute atomic E-state index is 12.1. The summed E-state index contributed by atoms with van der Waals surface area (Å²) in [4.78, 5) is 26.8. The first-order chi connectivity index (χ1) is 9.47. The quantitative estimate of drug-likeness (QED) is 0.708. The molecule has 0 radical (unpaired) electrons. The van der Waals surface area contributed by atoms with Gasteiger partial charge in [-0.1, -0.05) is 22.0 Å². The Kier molecular flexibility index (Phi) is 4.71. The number of carbonyl (C=O) groups is 2. The Balaban J connectivity index is 2.25. The monoisotopic (exact) mass is 446 g/mol. The van der Waals surface area contributed by atoms with E-state index in [1.165, 1.54) is 18.2 Å². The van der Waals surface area contributed by atoms with Gasteiger partial charge in [-0.05, 0) is 52.9 Å². The molecule has 2 rings (SSSR count). The van der Waals surface area contributed by atoms with Crippen LogP contribution in [-0.4, -0.2) is 22.0 Å². The van der Waals surface area contributed by atoms with Crippen LogP contribution in [0.5, 0.6) is 0 Å². The zero-order valence-corrected chi connectivity index (χ0v) is 13.7. The maximum atomic E-state index is 12.1. The summed E-state index contributed by atoms with van der Waals surface area (Å²) >= 11 is 5.36. The normalized spacial score (nSPS) is 10.1. The molecule has 1 amide bonds. The Labute approximate surface area is 136 Å². The number of benzene rings is 1. The van der Waals surface area contributed by atoms with E-state index in [0.717, 1.165) is 8.04 Å². The van der Waals surface area contributed by atoms with Crippen LogP contribution in [0.25, 0.3) is 0 Å². The number of aromatic carboxylic acids is 1. The van der Waals surface area contributed by atoms with E-state index in [0.29, 0.717) is 5.56 Å². The second-order valence-corrected chi connectivity index (χ2v) is 5.87. The number of halogens is 2. The molecule has 0 aliphatic heterocycles. The molecule has 102 valence electrons. The average molecular weight is 447 g/mol. The van der Waals surface area contributed by atoms with Crippen LogP contribution in [0.4, 0.5) is 5.82 Å². The fourth-order valence-corrected chi connectivity index (χ4v) is 2.42. The van der Waals surface area contributed by atoms with Crippen molar-refractivity contribution in [1.82, 2.24) is 4.98 Å². The van der Waals surface area contributed by atoms with Gasteiger partial charge in [0.15, 0.2) is 5.69 Å². The highest BCUT2D eigenvalue weighted by molar-refractivity contribution is 14.1. The molecule has 20 heavy (non-hydrogen) atoms. The molecule has 2 aromatic rings. The number of anilines is 1. The molecular weight excluding hydrogens is 439 g/mol. The topological polar surface area (TPSA) is 79.3 Å². The van der Waals surface area contributed by atoms with Crippen molar-refractivity contribution in [1.29, 1.82) is 0 Å². The van der Waals surface area contributed by atoms with Gasteiger partial charge < -0.3 is 10.4 Å². The predicted molar refractivity (Wildman–Crippen MR) is 86.0 cm³/mol. The molecule has 1 aromatic carbocycles. The largest absolute Gasteiger partial charge is 0.477 e. The number of rotatable bonds is 3. The first kappa shape index (κ1) is 14.9. The van der Waals surface area contributed by atoms with E-state index in [9.17, 15) is 9.59 Å². The molecule has 0 unspecified atom stereocenters. The number of hydrogen-bond donors (Lipinski definition) is 2. The smallest absolute Gasteiger partial charge is 0.354 e. The van der Waals surface area contributed by atoms with E-state index in [4.69, 9.17) is 5.11 Å². The molecule has 0 aliphatic carbocycles. The molecule has 1 aromatic heterocycles. The molecule has 7 heteroatoms. The van der Waals surface area contributed by atoms with Crippen molar-refractivity contribution < 1.29 is 14.7 Å². The average Bonchev–Trinajstić information content (AvgIpc) is 2.41. The van der Waals surface area contributed by atoms with E-state index in [1.807, 2.05) is 6.07 Å². The number of carboxylic acid groups (broad SMARTS) is 1. The molecule has 0 bridgehead atoms. The van der Waals surface area contributed by atoms with Crippen molar-refractivity contribution >= 4 is 56.2 Å². The molecule has 0 aliphatic rings. The Hall–Kier alpha value is -1.48. The van der Waals surface area contributed by atoms with E-state index < -0.39 is 5.97 Å². The SMILES string of the molecule is O=C(O)c1cccc(NC(=O)c2cc(Br)ccc2I)n1. The van der Waals surface area contributed by atoms with Gasteiger partial charge >= 0.3 is 5.97 Å². The first-order valence-electron chi connectivity index (χ1n) is 5.44. The van der Waals surface area contributed by atoms with Crippen molar-refractivity contribution in [3.05, 3.63) is 55.7 Å². The lowest BCUT2D eigenvalue weighted by atomic mass is 10.2. The highest BCUT2D eigenvalue weighted by Gasteiger charge is 2.12. The molecule has 5 nitrogen and oxygen atoms in total. The molecule has 0 fully saturated rings. The van der Waals surface area contributed by atoms with Gasteiger partial charge in [0.25, 0.3) is 5.91 Å². The van der Waals surface area contributed by atoms with Gasteiger partial charge in [0, 0.05) is 8.04 Å². The summed E-state index contributed by atoms with van der Waals surface area (Å²) < 4.78 is 1.58. The van der Waals surface area contributed by atoms with Crippen molar-refractivity contribution in [2.24, 2.45) is 0 Å². The number of carbonyl (C=O) groups excluding carboxylic acids is 1. The molecular formula is C13H8BrIN2O3. The first-order valence-corrected chi connectivity index (χ1v) is 7.31. The van der Waals surface area contributed by atoms with E-state index in [-0.39, 0.29) is 17.4 Å². The lowest BCUT2D eigenvalue weighted by Crippen LogP contribution is -2.15. The van der Waals surface area contributed by atoms with E-state index in [1.54, 1.807) is 12.1 Å². The van der Waals surface area contributed by atoms with Crippen LogP contribution >= 0.6 is 38.5 Å². The second-order valence-electron chi connectivity index (χ2n) is 3.79. The third-order valence-electron chi connectivity index (χ3n) is 2.38. The summed E-state index contributed by atoms with van der Waals surface area (Å²) in [6.07, 6.45) is 0. The molecule has 0 spiro atoms. The highest BCUT2D eigenvalue weighted by atomic mass is 127. The van der Waals surface area contributed by atoms with Crippen molar-refractivity contribution in [2.75, 3.05) is 5.32 Å². The Morgan fingerprint density at radius 2 is 2.00 bits per heavy atom. The molecule has 0 saturated carbocycles. The second kappa shape index (κ2) is 6.31. The van der Waals surface area contributed by atoms with Crippen molar-refractivity contribution in [3.63, 3.8) is 0 Å². The van der Waals surface area contributed by atoms with Gasteiger partial charge in [0.1, 0.15) is 5.82 Å². The van der Waals surface area contributed by atoms with Gasteiger partial charge in [0.05, 0.1) is 5.56 Å². The summed E-state index contributed by atoms with van der Waals surface area (Å²) in [7, 11) is 0. The van der Waals surface area contributed by atoms with E-state index in [2.05, 4.69) is 48.8 Å². The maximum Gasteiger partial charge on any atom is 0.354 e. The fraction of sp³-hybridized carbons (Fsp3) is 0.